The second kappa shape index (κ2) is 7.73. The van der Waals surface area contributed by atoms with Crippen molar-refractivity contribution < 1.29 is 4.74 Å². The van der Waals surface area contributed by atoms with Crippen LogP contribution in [0.1, 0.15) is 12.8 Å². The molecule has 1 aromatic rings. The van der Waals surface area contributed by atoms with Gasteiger partial charge >= 0.3 is 0 Å². The number of halogens is 1. The third kappa shape index (κ3) is 5.81. The summed E-state index contributed by atoms with van der Waals surface area (Å²) in [4.78, 5) is 2.27. The Hall–Kier alpha value is -0.770. The van der Waals surface area contributed by atoms with Gasteiger partial charge in [0, 0.05) is 26.2 Å². The highest BCUT2D eigenvalue weighted by atomic mass is 35.5. The Labute approximate surface area is 120 Å². The lowest BCUT2D eigenvalue weighted by molar-refractivity contribution is 0.104. The average molecular weight is 283 g/mol. The molecule has 0 amide bonds. The van der Waals surface area contributed by atoms with Crippen LogP contribution < -0.4 is 5.32 Å². The standard InChI is InChI=1S/C15H23ClN2O/c1-18(10-11-19-12-13-6-7-13)9-8-17-15-5-3-2-4-14(15)16/h2-5,13,17H,6-12H2,1H3. The van der Waals surface area contributed by atoms with Crippen molar-refractivity contribution in [2.45, 2.75) is 12.8 Å². The summed E-state index contributed by atoms with van der Waals surface area (Å²) in [5.41, 5.74) is 1.00. The molecule has 2 rings (SSSR count). The van der Waals surface area contributed by atoms with E-state index in [0.717, 1.165) is 49.5 Å². The van der Waals surface area contributed by atoms with Gasteiger partial charge in [0.1, 0.15) is 0 Å². The Balaban J connectivity index is 1.53. The van der Waals surface area contributed by atoms with Gasteiger partial charge in [-0.2, -0.15) is 0 Å². The van der Waals surface area contributed by atoms with Gasteiger partial charge in [-0.25, -0.2) is 0 Å². The van der Waals surface area contributed by atoms with Gasteiger partial charge in [0.15, 0.2) is 0 Å². The largest absolute Gasteiger partial charge is 0.383 e. The van der Waals surface area contributed by atoms with E-state index in [4.69, 9.17) is 16.3 Å². The summed E-state index contributed by atoms with van der Waals surface area (Å²) < 4.78 is 5.63. The maximum atomic E-state index is 6.08. The molecular weight excluding hydrogens is 260 g/mol. The molecule has 3 nitrogen and oxygen atoms in total. The van der Waals surface area contributed by atoms with Gasteiger partial charge in [-0.1, -0.05) is 23.7 Å². The molecule has 1 aliphatic rings. The summed E-state index contributed by atoms with van der Waals surface area (Å²) in [5.74, 6) is 0.854. The first-order valence-electron chi connectivity index (χ1n) is 7.00. The van der Waals surface area contributed by atoms with Gasteiger partial charge in [-0.3, -0.25) is 0 Å². The Bertz CT molecular complexity index is 382. The Morgan fingerprint density at radius 1 is 1.32 bits per heavy atom. The number of likely N-dealkylation sites (N-methyl/N-ethyl adjacent to an activating group) is 1. The molecule has 0 bridgehead atoms. The van der Waals surface area contributed by atoms with Crippen molar-refractivity contribution in [3.63, 3.8) is 0 Å². The molecule has 1 saturated carbocycles. The van der Waals surface area contributed by atoms with E-state index >= 15 is 0 Å². The first-order chi connectivity index (χ1) is 9.25. The smallest absolute Gasteiger partial charge is 0.0637 e. The number of rotatable bonds is 9. The number of benzene rings is 1. The van der Waals surface area contributed by atoms with Gasteiger partial charge in [-0.15, -0.1) is 0 Å². The topological polar surface area (TPSA) is 24.5 Å². The van der Waals surface area contributed by atoms with Crippen LogP contribution in [0, 0.1) is 5.92 Å². The zero-order valence-electron chi connectivity index (χ0n) is 11.6. The molecule has 0 unspecified atom stereocenters. The van der Waals surface area contributed by atoms with Crippen molar-refractivity contribution in [2.75, 3.05) is 45.2 Å². The van der Waals surface area contributed by atoms with Crippen molar-refractivity contribution in [3.05, 3.63) is 29.3 Å². The van der Waals surface area contributed by atoms with E-state index in [0.29, 0.717) is 0 Å². The third-order valence-corrected chi connectivity index (χ3v) is 3.68. The van der Waals surface area contributed by atoms with Gasteiger partial charge in [0.05, 0.1) is 17.3 Å². The zero-order chi connectivity index (χ0) is 13.5. The van der Waals surface area contributed by atoms with Crippen molar-refractivity contribution >= 4 is 17.3 Å². The molecule has 0 aromatic heterocycles. The van der Waals surface area contributed by atoms with E-state index in [1.807, 2.05) is 24.3 Å². The number of nitrogens with zero attached hydrogens (tertiary/aromatic N) is 1. The number of anilines is 1. The molecule has 1 fully saturated rings. The fraction of sp³-hybridized carbons (Fsp3) is 0.600. The molecule has 0 atom stereocenters. The molecule has 0 radical (unpaired) electrons. The molecule has 1 aromatic carbocycles. The van der Waals surface area contributed by atoms with E-state index in [9.17, 15) is 0 Å². The maximum Gasteiger partial charge on any atom is 0.0637 e. The Morgan fingerprint density at radius 2 is 2.11 bits per heavy atom. The molecule has 0 heterocycles. The second-order valence-electron chi connectivity index (χ2n) is 5.23. The van der Waals surface area contributed by atoms with E-state index in [-0.39, 0.29) is 0 Å². The van der Waals surface area contributed by atoms with Crippen LogP contribution in [0.15, 0.2) is 24.3 Å². The number of para-hydroxylation sites is 1. The molecule has 106 valence electrons. The Morgan fingerprint density at radius 3 is 2.84 bits per heavy atom. The average Bonchev–Trinajstić information content (AvgIpc) is 3.21. The van der Waals surface area contributed by atoms with E-state index in [1.54, 1.807) is 0 Å². The minimum Gasteiger partial charge on any atom is -0.383 e. The summed E-state index contributed by atoms with van der Waals surface area (Å²) in [6.07, 6.45) is 2.72. The van der Waals surface area contributed by atoms with Crippen LogP contribution in [0.5, 0.6) is 0 Å². The number of hydrogen-bond acceptors (Lipinski definition) is 3. The molecule has 0 aliphatic heterocycles. The van der Waals surface area contributed by atoms with Crippen molar-refractivity contribution in [3.8, 4) is 0 Å². The van der Waals surface area contributed by atoms with Gasteiger partial charge in [-0.05, 0) is 37.9 Å². The highest BCUT2D eigenvalue weighted by molar-refractivity contribution is 6.33. The normalized spacial score (nSPS) is 14.9. The number of hydrogen-bond donors (Lipinski definition) is 1. The summed E-state index contributed by atoms with van der Waals surface area (Å²) in [6, 6.07) is 7.83. The van der Waals surface area contributed by atoms with Crippen LogP contribution in [-0.4, -0.2) is 44.8 Å². The fourth-order valence-corrected chi connectivity index (χ4v) is 2.06. The monoisotopic (exact) mass is 282 g/mol. The van der Waals surface area contributed by atoms with Crippen molar-refractivity contribution in [1.29, 1.82) is 0 Å². The second-order valence-corrected chi connectivity index (χ2v) is 5.64. The minimum absolute atomic E-state index is 0.776. The highest BCUT2D eigenvalue weighted by Crippen LogP contribution is 2.28. The van der Waals surface area contributed by atoms with E-state index in [2.05, 4.69) is 17.3 Å². The summed E-state index contributed by atoms with van der Waals surface area (Å²) in [6.45, 7) is 4.64. The van der Waals surface area contributed by atoms with Gasteiger partial charge in [0.2, 0.25) is 0 Å². The molecule has 1 aliphatic carbocycles. The molecule has 0 saturated heterocycles. The first-order valence-corrected chi connectivity index (χ1v) is 7.38. The molecule has 0 spiro atoms. The predicted octanol–water partition coefficient (Wildman–Crippen LogP) is 3.11. The Kier molecular flexibility index (Phi) is 5.95. The van der Waals surface area contributed by atoms with Crippen molar-refractivity contribution in [1.82, 2.24) is 4.90 Å². The van der Waals surface area contributed by atoms with Crippen LogP contribution in [-0.2, 0) is 4.74 Å². The lowest BCUT2D eigenvalue weighted by Crippen LogP contribution is -2.28. The van der Waals surface area contributed by atoms with Crippen molar-refractivity contribution in [2.24, 2.45) is 5.92 Å². The number of nitrogens with one attached hydrogen (secondary N) is 1. The summed E-state index contributed by atoms with van der Waals surface area (Å²) >= 11 is 6.08. The first kappa shape index (κ1) is 14.6. The van der Waals surface area contributed by atoms with Crippen LogP contribution in [0.25, 0.3) is 0 Å². The summed E-state index contributed by atoms with van der Waals surface area (Å²) in [5, 5.41) is 4.12. The molecule has 1 N–H and O–H groups in total. The van der Waals surface area contributed by atoms with Gasteiger partial charge in [0.25, 0.3) is 0 Å². The van der Waals surface area contributed by atoms with E-state index < -0.39 is 0 Å². The predicted molar refractivity (Wildman–Crippen MR) is 81.0 cm³/mol. The number of ether oxygens (including phenoxy) is 1. The van der Waals surface area contributed by atoms with Crippen LogP contribution in [0.3, 0.4) is 0 Å². The minimum atomic E-state index is 0.776. The van der Waals surface area contributed by atoms with Crippen LogP contribution >= 0.6 is 11.6 Å². The SMILES string of the molecule is CN(CCNc1ccccc1Cl)CCOCC1CC1. The fourth-order valence-electron chi connectivity index (χ4n) is 1.85. The third-order valence-electron chi connectivity index (χ3n) is 3.35. The maximum absolute atomic E-state index is 6.08. The molecule has 4 heteroatoms. The van der Waals surface area contributed by atoms with Gasteiger partial charge < -0.3 is 15.0 Å². The van der Waals surface area contributed by atoms with E-state index in [1.165, 1.54) is 12.8 Å². The molecule has 19 heavy (non-hydrogen) atoms. The summed E-state index contributed by atoms with van der Waals surface area (Å²) in [7, 11) is 2.12. The quantitative estimate of drug-likeness (QED) is 0.705. The zero-order valence-corrected chi connectivity index (χ0v) is 12.3. The molecular formula is C15H23ClN2O. The van der Waals surface area contributed by atoms with Crippen LogP contribution in [0.4, 0.5) is 5.69 Å². The highest BCUT2D eigenvalue weighted by Gasteiger charge is 2.20. The lowest BCUT2D eigenvalue weighted by atomic mass is 10.3. The lowest BCUT2D eigenvalue weighted by Gasteiger charge is -2.17. The van der Waals surface area contributed by atoms with Crippen LogP contribution in [0.2, 0.25) is 5.02 Å².